The van der Waals surface area contributed by atoms with Gasteiger partial charge in [0.1, 0.15) is 6.04 Å². The van der Waals surface area contributed by atoms with Crippen LogP contribution in [0.3, 0.4) is 0 Å². The van der Waals surface area contributed by atoms with Crippen molar-refractivity contribution in [2.45, 2.75) is 50.6 Å². The quantitative estimate of drug-likeness (QED) is 0.839. The number of nitrogens with zero attached hydrogens (tertiary/aromatic N) is 1. The minimum Gasteiger partial charge on any atom is -0.344 e. The third-order valence-corrected chi connectivity index (χ3v) is 5.48. The van der Waals surface area contributed by atoms with Crippen LogP contribution in [0.5, 0.6) is 0 Å². The van der Waals surface area contributed by atoms with Crippen LogP contribution >= 0.6 is 24.0 Å². The van der Waals surface area contributed by atoms with Crippen LogP contribution < -0.4 is 16.0 Å². The highest BCUT2D eigenvalue weighted by atomic mass is 35.5. The lowest BCUT2D eigenvalue weighted by molar-refractivity contribution is -0.131. The summed E-state index contributed by atoms with van der Waals surface area (Å²) in [6, 6.07) is 6.70. The summed E-state index contributed by atoms with van der Waals surface area (Å²) in [5.41, 5.74) is 6.62. The van der Waals surface area contributed by atoms with Gasteiger partial charge >= 0.3 is 0 Å². The average molecular weight is 386 g/mol. The molecule has 3 atom stereocenters. The lowest BCUT2D eigenvalue weighted by Crippen LogP contribution is -2.55. The van der Waals surface area contributed by atoms with Crippen molar-refractivity contribution in [3.05, 3.63) is 29.3 Å². The van der Waals surface area contributed by atoms with Gasteiger partial charge in [-0.05, 0) is 50.5 Å². The lowest BCUT2D eigenvalue weighted by Gasteiger charge is -2.37. The van der Waals surface area contributed by atoms with Crippen molar-refractivity contribution < 1.29 is 9.59 Å². The molecule has 7 heteroatoms. The molecule has 3 unspecified atom stereocenters. The van der Waals surface area contributed by atoms with E-state index in [1.165, 1.54) is 0 Å². The summed E-state index contributed by atoms with van der Waals surface area (Å²) in [7, 11) is 0. The fourth-order valence-corrected chi connectivity index (χ4v) is 3.88. The summed E-state index contributed by atoms with van der Waals surface area (Å²) in [6.45, 7) is 2.53. The smallest absolute Gasteiger partial charge is 0.249 e. The fourth-order valence-electron chi connectivity index (χ4n) is 3.75. The van der Waals surface area contributed by atoms with Crippen LogP contribution in [0.25, 0.3) is 0 Å². The number of carbonyl (C=O) groups excluding carboxylic acids is 2. The van der Waals surface area contributed by atoms with Crippen LogP contribution in [-0.4, -0.2) is 29.9 Å². The Morgan fingerprint density at radius 1 is 1.28 bits per heavy atom. The molecule has 1 heterocycles. The van der Waals surface area contributed by atoms with Crippen LogP contribution in [0.2, 0.25) is 5.02 Å². The second-order valence-electron chi connectivity index (χ2n) is 7.12. The van der Waals surface area contributed by atoms with E-state index in [4.69, 9.17) is 17.3 Å². The number of anilines is 1. The molecule has 5 nitrogen and oxygen atoms in total. The van der Waals surface area contributed by atoms with Gasteiger partial charge in [-0.3, -0.25) is 9.59 Å². The van der Waals surface area contributed by atoms with E-state index in [0.29, 0.717) is 18.0 Å². The molecule has 0 radical (unpaired) electrons. The number of nitrogens with two attached hydrogens (primary N) is 1. The fraction of sp³-hybridized carbons (Fsp3) is 0.556. The number of carbonyl (C=O) groups is 2. The van der Waals surface area contributed by atoms with Gasteiger partial charge in [-0.25, -0.2) is 0 Å². The zero-order valence-corrected chi connectivity index (χ0v) is 15.9. The monoisotopic (exact) mass is 385 g/mol. The molecule has 2 amide bonds. The second-order valence-corrected chi connectivity index (χ2v) is 7.56. The SMILES string of the molecule is CC1(N)CCCCC1C(=O)NC1CCN(c2ccc(Cl)cc2)C1=O.Cl. The van der Waals surface area contributed by atoms with E-state index in [2.05, 4.69) is 5.32 Å². The van der Waals surface area contributed by atoms with Gasteiger partial charge in [-0.15, -0.1) is 12.4 Å². The largest absolute Gasteiger partial charge is 0.344 e. The molecule has 1 aromatic carbocycles. The Morgan fingerprint density at radius 2 is 1.96 bits per heavy atom. The van der Waals surface area contributed by atoms with E-state index in [-0.39, 0.29) is 30.1 Å². The summed E-state index contributed by atoms with van der Waals surface area (Å²) < 4.78 is 0. The Hall–Kier alpha value is -1.30. The maximum absolute atomic E-state index is 12.6. The number of halogens is 2. The maximum atomic E-state index is 12.6. The van der Waals surface area contributed by atoms with Crippen LogP contribution in [0.4, 0.5) is 5.69 Å². The predicted octanol–water partition coefficient (Wildman–Crippen LogP) is 2.89. The molecule has 2 fully saturated rings. The van der Waals surface area contributed by atoms with E-state index in [1.807, 2.05) is 19.1 Å². The molecule has 1 saturated carbocycles. The summed E-state index contributed by atoms with van der Waals surface area (Å²) >= 11 is 5.89. The Balaban J connectivity index is 0.00000225. The number of benzene rings is 1. The first kappa shape index (κ1) is 20.0. The number of hydrogen-bond donors (Lipinski definition) is 2. The van der Waals surface area contributed by atoms with Gasteiger partial charge in [-0.2, -0.15) is 0 Å². The van der Waals surface area contributed by atoms with Crippen LogP contribution in [0.15, 0.2) is 24.3 Å². The molecular weight excluding hydrogens is 361 g/mol. The molecule has 1 aromatic rings. The summed E-state index contributed by atoms with van der Waals surface area (Å²) in [6.07, 6.45) is 4.33. The highest BCUT2D eigenvalue weighted by Gasteiger charge is 2.40. The van der Waals surface area contributed by atoms with Crippen molar-refractivity contribution in [2.24, 2.45) is 11.7 Å². The molecule has 2 aliphatic rings. The van der Waals surface area contributed by atoms with Gasteiger partial charge in [0, 0.05) is 22.8 Å². The third-order valence-electron chi connectivity index (χ3n) is 5.23. The van der Waals surface area contributed by atoms with Crippen molar-refractivity contribution in [3.8, 4) is 0 Å². The summed E-state index contributed by atoms with van der Waals surface area (Å²) in [4.78, 5) is 26.9. The molecule has 0 aromatic heterocycles. The normalized spacial score (nSPS) is 29.2. The van der Waals surface area contributed by atoms with Crippen molar-refractivity contribution >= 4 is 41.5 Å². The first-order valence-electron chi connectivity index (χ1n) is 8.55. The lowest BCUT2D eigenvalue weighted by atomic mass is 9.74. The Morgan fingerprint density at radius 3 is 2.60 bits per heavy atom. The molecule has 3 N–H and O–H groups in total. The van der Waals surface area contributed by atoms with E-state index in [9.17, 15) is 9.59 Å². The Bertz CT molecular complexity index is 634. The molecule has 25 heavy (non-hydrogen) atoms. The standard InChI is InChI=1S/C18H24ClN3O2.ClH/c1-18(20)10-3-2-4-14(18)16(23)21-15-9-11-22(17(15)24)13-7-5-12(19)6-8-13;/h5-8,14-15H,2-4,9-11,20H2,1H3,(H,21,23);1H. The van der Waals surface area contributed by atoms with Crippen molar-refractivity contribution in [3.63, 3.8) is 0 Å². The minimum atomic E-state index is -0.486. The topological polar surface area (TPSA) is 75.4 Å². The predicted molar refractivity (Wildman–Crippen MR) is 102 cm³/mol. The molecule has 1 saturated heterocycles. The molecule has 3 rings (SSSR count). The molecule has 1 aliphatic heterocycles. The zero-order chi connectivity index (χ0) is 17.3. The average Bonchev–Trinajstić information content (AvgIpc) is 2.88. The molecule has 0 bridgehead atoms. The van der Waals surface area contributed by atoms with Gasteiger partial charge in [0.2, 0.25) is 11.8 Å². The van der Waals surface area contributed by atoms with Crippen molar-refractivity contribution in [2.75, 3.05) is 11.4 Å². The molecule has 1 aliphatic carbocycles. The van der Waals surface area contributed by atoms with E-state index in [1.54, 1.807) is 17.0 Å². The van der Waals surface area contributed by atoms with Crippen LogP contribution in [-0.2, 0) is 9.59 Å². The first-order valence-corrected chi connectivity index (χ1v) is 8.92. The molecule has 138 valence electrons. The van der Waals surface area contributed by atoms with Crippen molar-refractivity contribution in [1.82, 2.24) is 5.32 Å². The Kier molecular flexibility index (Phi) is 6.35. The number of hydrogen-bond acceptors (Lipinski definition) is 3. The molecule has 0 spiro atoms. The van der Waals surface area contributed by atoms with Gasteiger partial charge in [0.05, 0.1) is 5.92 Å². The van der Waals surface area contributed by atoms with Gasteiger partial charge in [0.15, 0.2) is 0 Å². The third kappa shape index (κ3) is 4.27. The molecular formula is C18H25Cl2N3O2. The first-order chi connectivity index (χ1) is 11.4. The maximum Gasteiger partial charge on any atom is 0.249 e. The summed E-state index contributed by atoms with van der Waals surface area (Å²) in [5, 5.41) is 3.56. The zero-order valence-electron chi connectivity index (χ0n) is 14.3. The van der Waals surface area contributed by atoms with Crippen LogP contribution in [0, 0.1) is 5.92 Å². The second kappa shape index (κ2) is 7.94. The van der Waals surface area contributed by atoms with Crippen molar-refractivity contribution in [1.29, 1.82) is 0 Å². The number of amides is 2. The van der Waals surface area contributed by atoms with Crippen LogP contribution in [0.1, 0.15) is 39.0 Å². The minimum absolute atomic E-state index is 0. The summed E-state index contributed by atoms with van der Waals surface area (Å²) in [5.74, 6) is -0.375. The van der Waals surface area contributed by atoms with Gasteiger partial charge in [0.25, 0.3) is 0 Å². The highest BCUT2D eigenvalue weighted by molar-refractivity contribution is 6.30. The van der Waals surface area contributed by atoms with E-state index in [0.717, 1.165) is 31.4 Å². The number of rotatable bonds is 3. The van der Waals surface area contributed by atoms with E-state index >= 15 is 0 Å². The highest BCUT2D eigenvalue weighted by Crippen LogP contribution is 2.32. The Labute approximate surface area is 159 Å². The number of nitrogens with one attached hydrogen (secondary N) is 1. The van der Waals surface area contributed by atoms with Gasteiger partial charge in [-0.1, -0.05) is 24.4 Å². The van der Waals surface area contributed by atoms with Gasteiger partial charge < -0.3 is 16.0 Å². The van der Waals surface area contributed by atoms with E-state index < -0.39 is 11.6 Å².